The van der Waals surface area contributed by atoms with Crippen LogP contribution in [0.4, 0.5) is 5.69 Å². The molecule has 3 aliphatic heterocycles. The van der Waals surface area contributed by atoms with Crippen LogP contribution in [0.25, 0.3) is 0 Å². The smallest absolute Gasteiger partial charge is 0.243 e. The van der Waals surface area contributed by atoms with Crippen LogP contribution in [0.15, 0.2) is 23.1 Å². The lowest BCUT2D eigenvalue weighted by Crippen LogP contribution is -2.42. The molecule has 7 nitrogen and oxygen atoms in total. The summed E-state index contributed by atoms with van der Waals surface area (Å²) in [6, 6.07) is 4.88. The predicted octanol–water partition coefficient (Wildman–Crippen LogP) is 3.10. The van der Waals surface area contributed by atoms with Gasteiger partial charge in [0.1, 0.15) is 11.9 Å². The zero-order chi connectivity index (χ0) is 22.0. The minimum atomic E-state index is -3.59. The van der Waals surface area contributed by atoms with Gasteiger partial charge in [0.2, 0.25) is 15.9 Å². The standard InChI is InChI=1S/C23H35N3O4S/c1-18-16-26(19(2)27)22-15-21(7-8-23(22)30-18)31(28,29)25-13-9-20(10-14-25)17-24-11-5-3-4-6-12-24/h7-8,15,18,20H,3-6,9-14,16-17H2,1-2H3. The van der Waals surface area contributed by atoms with Crippen molar-refractivity contribution in [1.29, 1.82) is 0 Å². The lowest BCUT2D eigenvalue weighted by atomic mass is 9.97. The van der Waals surface area contributed by atoms with Crippen molar-refractivity contribution in [2.45, 2.75) is 63.4 Å². The third kappa shape index (κ3) is 5.07. The van der Waals surface area contributed by atoms with E-state index in [4.69, 9.17) is 4.74 Å². The number of likely N-dealkylation sites (tertiary alicyclic amines) is 1. The van der Waals surface area contributed by atoms with Crippen LogP contribution in [-0.4, -0.2) is 68.9 Å². The van der Waals surface area contributed by atoms with E-state index in [0.29, 0.717) is 37.0 Å². The average molecular weight is 450 g/mol. The maximum absolute atomic E-state index is 13.3. The van der Waals surface area contributed by atoms with Gasteiger partial charge in [0.05, 0.1) is 17.1 Å². The number of ether oxygens (including phenoxy) is 1. The molecule has 31 heavy (non-hydrogen) atoms. The molecular weight excluding hydrogens is 414 g/mol. The SMILES string of the molecule is CC(=O)N1CC(C)Oc2ccc(S(=O)(=O)N3CCC(CN4CCCCCC4)CC3)cc21. The normalized spacial score (nSPS) is 24.3. The molecule has 3 aliphatic rings. The largest absolute Gasteiger partial charge is 0.487 e. The number of anilines is 1. The number of amides is 1. The summed E-state index contributed by atoms with van der Waals surface area (Å²) in [6.07, 6.45) is 6.91. The summed E-state index contributed by atoms with van der Waals surface area (Å²) in [5.74, 6) is 1.01. The molecule has 1 aromatic rings. The van der Waals surface area contributed by atoms with Crippen molar-refractivity contribution in [3.8, 4) is 5.75 Å². The summed E-state index contributed by atoms with van der Waals surface area (Å²) in [6.45, 7) is 8.40. The van der Waals surface area contributed by atoms with Gasteiger partial charge in [-0.2, -0.15) is 4.31 Å². The minimum absolute atomic E-state index is 0.111. The Hall–Kier alpha value is -1.64. The van der Waals surface area contributed by atoms with Crippen molar-refractivity contribution < 1.29 is 17.9 Å². The Labute approximate surface area is 186 Å². The lowest BCUT2D eigenvalue weighted by molar-refractivity contribution is -0.117. The fourth-order valence-corrected chi connectivity index (χ4v) is 6.53. The topological polar surface area (TPSA) is 70.2 Å². The monoisotopic (exact) mass is 449 g/mol. The number of hydrogen-bond donors (Lipinski definition) is 0. The summed E-state index contributed by atoms with van der Waals surface area (Å²) in [5, 5.41) is 0. The molecule has 8 heteroatoms. The van der Waals surface area contributed by atoms with Crippen LogP contribution in [-0.2, 0) is 14.8 Å². The molecular formula is C23H35N3O4S. The van der Waals surface area contributed by atoms with Gasteiger partial charge in [0, 0.05) is 26.6 Å². The van der Waals surface area contributed by atoms with Gasteiger partial charge in [-0.15, -0.1) is 0 Å². The molecule has 0 N–H and O–H groups in total. The van der Waals surface area contributed by atoms with Crippen LogP contribution < -0.4 is 9.64 Å². The highest BCUT2D eigenvalue weighted by molar-refractivity contribution is 7.89. The summed E-state index contributed by atoms with van der Waals surface area (Å²) in [4.78, 5) is 16.5. The Kier molecular flexibility index (Phi) is 6.89. The maximum atomic E-state index is 13.3. The molecule has 3 heterocycles. The Balaban J connectivity index is 1.43. The number of piperidine rings is 1. The van der Waals surface area contributed by atoms with Gasteiger partial charge >= 0.3 is 0 Å². The highest BCUT2D eigenvalue weighted by atomic mass is 32.2. The number of hydrogen-bond acceptors (Lipinski definition) is 5. The van der Waals surface area contributed by atoms with E-state index in [9.17, 15) is 13.2 Å². The minimum Gasteiger partial charge on any atom is -0.487 e. The van der Waals surface area contributed by atoms with Crippen LogP contribution in [0.5, 0.6) is 5.75 Å². The number of nitrogens with zero attached hydrogens (tertiary/aromatic N) is 3. The van der Waals surface area contributed by atoms with Crippen LogP contribution >= 0.6 is 0 Å². The highest BCUT2D eigenvalue weighted by Crippen LogP contribution is 2.36. The van der Waals surface area contributed by atoms with Crippen molar-refractivity contribution in [3.05, 3.63) is 18.2 Å². The van der Waals surface area contributed by atoms with E-state index in [1.54, 1.807) is 27.4 Å². The average Bonchev–Trinajstić information content (AvgIpc) is 3.01. The zero-order valence-corrected chi connectivity index (χ0v) is 19.6. The molecule has 1 atom stereocenters. The molecule has 0 bridgehead atoms. The molecule has 0 aromatic heterocycles. The van der Waals surface area contributed by atoms with Crippen LogP contribution in [0.3, 0.4) is 0 Å². The van der Waals surface area contributed by atoms with E-state index < -0.39 is 10.0 Å². The molecule has 2 fully saturated rings. The van der Waals surface area contributed by atoms with Gasteiger partial charge in [-0.1, -0.05) is 12.8 Å². The first-order chi connectivity index (χ1) is 14.8. The lowest BCUT2D eigenvalue weighted by Gasteiger charge is -2.35. The highest BCUT2D eigenvalue weighted by Gasteiger charge is 2.33. The quantitative estimate of drug-likeness (QED) is 0.707. The predicted molar refractivity (Wildman–Crippen MR) is 121 cm³/mol. The van der Waals surface area contributed by atoms with Crippen molar-refractivity contribution >= 4 is 21.6 Å². The first-order valence-electron chi connectivity index (χ1n) is 11.7. The second kappa shape index (κ2) is 9.46. The van der Waals surface area contributed by atoms with E-state index in [0.717, 1.165) is 19.4 Å². The molecule has 0 radical (unpaired) electrons. The second-order valence-electron chi connectivity index (χ2n) is 9.25. The van der Waals surface area contributed by atoms with E-state index in [1.165, 1.54) is 45.7 Å². The Morgan fingerprint density at radius 1 is 1.06 bits per heavy atom. The summed E-state index contributed by atoms with van der Waals surface area (Å²) < 4.78 is 34.1. The Morgan fingerprint density at radius 3 is 2.39 bits per heavy atom. The van der Waals surface area contributed by atoms with E-state index in [-0.39, 0.29) is 16.9 Å². The van der Waals surface area contributed by atoms with Gasteiger partial charge in [-0.3, -0.25) is 4.79 Å². The Morgan fingerprint density at radius 2 is 1.74 bits per heavy atom. The van der Waals surface area contributed by atoms with Crippen LogP contribution in [0, 0.1) is 5.92 Å². The molecule has 4 rings (SSSR count). The fourth-order valence-electron chi connectivity index (χ4n) is 5.04. The number of sulfonamides is 1. The van der Waals surface area contributed by atoms with Crippen molar-refractivity contribution in [2.24, 2.45) is 5.92 Å². The number of benzene rings is 1. The fraction of sp³-hybridized carbons (Fsp3) is 0.696. The van der Waals surface area contributed by atoms with E-state index >= 15 is 0 Å². The van der Waals surface area contributed by atoms with Gasteiger partial charge in [-0.25, -0.2) is 8.42 Å². The molecule has 2 saturated heterocycles. The molecule has 172 valence electrons. The second-order valence-corrected chi connectivity index (χ2v) is 11.2. The van der Waals surface area contributed by atoms with E-state index in [1.807, 2.05) is 6.92 Å². The van der Waals surface area contributed by atoms with Crippen LogP contribution in [0.1, 0.15) is 52.4 Å². The van der Waals surface area contributed by atoms with Gasteiger partial charge in [0.25, 0.3) is 0 Å². The third-order valence-corrected chi connectivity index (χ3v) is 8.69. The summed E-state index contributed by atoms with van der Waals surface area (Å²) in [5.41, 5.74) is 0.544. The molecule has 1 unspecified atom stereocenters. The van der Waals surface area contributed by atoms with Crippen molar-refractivity contribution in [2.75, 3.05) is 44.2 Å². The molecule has 1 aromatic carbocycles. The first kappa shape index (κ1) is 22.6. The maximum Gasteiger partial charge on any atom is 0.243 e. The first-order valence-corrected chi connectivity index (χ1v) is 13.1. The van der Waals surface area contributed by atoms with Crippen LogP contribution in [0.2, 0.25) is 0 Å². The summed E-state index contributed by atoms with van der Waals surface area (Å²) >= 11 is 0. The Bertz CT molecular complexity index is 888. The number of carbonyl (C=O) groups is 1. The summed E-state index contributed by atoms with van der Waals surface area (Å²) in [7, 11) is -3.59. The van der Waals surface area contributed by atoms with E-state index in [2.05, 4.69) is 4.90 Å². The zero-order valence-electron chi connectivity index (χ0n) is 18.8. The van der Waals surface area contributed by atoms with Crippen molar-refractivity contribution in [3.63, 3.8) is 0 Å². The molecule has 0 spiro atoms. The third-order valence-electron chi connectivity index (χ3n) is 6.80. The molecule has 1 amide bonds. The van der Waals surface area contributed by atoms with Gasteiger partial charge in [0.15, 0.2) is 0 Å². The van der Waals surface area contributed by atoms with Gasteiger partial charge < -0.3 is 14.5 Å². The molecule has 0 aliphatic carbocycles. The van der Waals surface area contributed by atoms with Gasteiger partial charge in [-0.05, 0) is 69.8 Å². The number of fused-ring (bicyclic) bond motifs is 1. The number of rotatable bonds is 4. The molecule has 0 saturated carbocycles. The van der Waals surface area contributed by atoms with Crippen molar-refractivity contribution in [1.82, 2.24) is 9.21 Å². The number of carbonyl (C=O) groups excluding carboxylic acids is 1.